The number of benzene rings is 1. The highest BCUT2D eigenvalue weighted by molar-refractivity contribution is 5.79. The monoisotopic (exact) mass is 245 g/mol. The Balaban J connectivity index is 2.18. The number of anilines is 1. The number of nitrogens with one attached hydrogen (secondary N) is 2. The van der Waals surface area contributed by atoms with Crippen LogP contribution < -0.4 is 11.1 Å². The minimum Gasteiger partial charge on any atom is -0.428 e. The van der Waals surface area contributed by atoms with Gasteiger partial charge in [0.15, 0.2) is 5.58 Å². The summed E-state index contributed by atoms with van der Waals surface area (Å²) in [7, 11) is 1.74. The second-order valence-electron chi connectivity index (χ2n) is 3.90. The predicted molar refractivity (Wildman–Crippen MR) is 66.6 cm³/mol. The number of aromatic amines is 1. The van der Waals surface area contributed by atoms with Gasteiger partial charge in [0.25, 0.3) is 6.01 Å². The lowest BCUT2D eigenvalue weighted by atomic mass is 10.1. The van der Waals surface area contributed by atoms with Crippen LogP contribution in [0.5, 0.6) is 0 Å². The molecule has 0 radical (unpaired) electrons. The predicted octanol–water partition coefficient (Wildman–Crippen LogP) is 2.13. The molecule has 18 heavy (non-hydrogen) atoms. The van der Waals surface area contributed by atoms with Gasteiger partial charge in [0, 0.05) is 12.6 Å². The van der Waals surface area contributed by atoms with E-state index in [1.54, 1.807) is 19.2 Å². The van der Waals surface area contributed by atoms with Crippen molar-refractivity contribution in [2.24, 2.45) is 0 Å². The van der Waals surface area contributed by atoms with Crippen LogP contribution in [-0.2, 0) is 0 Å². The van der Waals surface area contributed by atoms with E-state index in [-0.39, 0.29) is 0 Å². The molecule has 6 heteroatoms. The Labute approximate surface area is 102 Å². The molecule has 0 spiro atoms. The first-order valence-electron chi connectivity index (χ1n) is 5.46. The third-order valence-corrected chi connectivity index (χ3v) is 2.70. The van der Waals surface area contributed by atoms with Crippen molar-refractivity contribution in [2.45, 2.75) is 6.92 Å². The SMILES string of the molecule is CNc1nc(-c2ccc3[nH]c(=O)oc3c2)c(C)o1. The molecule has 2 aromatic heterocycles. The van der Waals surface area contributed by atoms with Crippen LogP contribution in [0.3, 0.4) is 0 Å². The Morgan fingerprint density at radius 2 is 2.17 bits per heavy atom. The molecule has 0 saturated carbocycles. The second-order valence-corrected chi connectivity index (χ2v) is 3.90. The van der Waals surface area contributed by atoms with E-state index < -0.39 is 5.76 Å². The molecule has 0 aliphatic heterocycles. The first kappa shape index (κ1) is 10.6. The fourth-order valence-corrected chi connectivity index (χ4v) is 1.86. The zero-order valence-corrected chi connectivity index (χ0v) is 9.90. The quantitative estimate of drug-likeness (QED) is 0.722. The lowest BCUT2D eigenvalue weighted by molar-refractivity contribution is 0.544. The summed E-state index contributed by atoms with van der Waals surface area (Å²) in [4.78, 5) is 18.0. The van der Waals surface area contributed by atoms with E-state index in [1.165, 1.54) is 0 Å². The van der Waals surface area contributed by atoms with Gasteiger partial charge in [-0.15, -0.1) is 0 Å². The first-order chi connectivity index (χ1) is 8.67. The van der Waals surface area contributed by atoms with Gasteiger partial charge >= 0.3 is 5.76 Å². The highest BCUT2D eigenvalue weighted by Gasteiger charge is 2.12. The molecule has 6 nitrogen and oxygen atoms in total. The molecule has 0 atom stereocenters. The molecular formula is C12H11N3O3. The summed E-state index contributed by atoms with van der Waals surface area (Å²) in [5.74, 6) is 0.242. The Kier molecular flexibility index (Phi) is 2.22. The Hall–Kier alpha value is -2.50. The summed E-state index contributed by atoms with van der Waals surface area (Å²) in [6.45, 7) is 1.83. The lowest BCUT2D eigenvalue weighted by Crippen LogP contribution is -1.92. The van der Waals surface area contributed by atoms with E-state index >= 15 is 0 Å². The number of aromatic nitrogens is 2. The van der Waals surface area contributed by atoms with Crippen LogP contribution in [0, 0.1) is 6.92 Å². The molecule has 2 heterocycles. The number of fused-ring (bicyclic) bond motifs is 1. The number of aryl methyl sites for hydroxylation is 1. The van der Waals surface area contributed by atoms with E-state index in [0.29, 0.717) is 22.9 Å². The van der Waals surface area contributed by atoms with Crippen LogP contribution in [-0.4, -0.2) is 17.0 Å². The number of rotatable bonds is 2. The Morgan fingerprint density at radius 3 is 2.89 bits per heavy atom. The highest BCUT2D eigenvalue weighted by atomic mass is 16.4. The number of hydrogen-bond donors (Lipinski definition) is 2. The fourth-order valence-electron chi connectivity index (χ4n) is 1.86. The first-order valence-corrected chi connectivity index (χ1v) is 5.46. The molecule has 3 aromatic rings. The van der Waals surface area contributed by atoms with Crippen molar-refractivity contribution < 1.29 is 8.83 Å². The molecule has 0 aliphatic carbocycles. The summed E-state index contributed by atoms with van der Waals surface area (Å²) < 4.78 is 10.4. The number of nitrogens with zero attached hydrogens (tertiary/aromatic N) is 1. The van der Waals surface area contributed by atoms with E-state index in [0.717, 1.165) is 11.3 Å². The zero-order valence-electron chi connectivity index (χ0n) is 9.90. The van der Waals surface area contributed by atoms with Gasteiger partial charge in [0.1, 0.15) is 11.5 Å². The van der Waals surface area contributed by atoms with Gasteiger partial charge in [0.2, 0.25) is 0 Å². The Morgan fingerprint density at radius 1 is 1.33 bits per heavy atom. The molecule has 0 unspecified atom stereocenters. The fraction of sp³-hybridized carbons (Fsp3) is 0.167. The number of H-pyrrole nitrogens is 1. The summed E-state index contributed by atoms with van der Waals surface area (Å²) >= 11 is 0. The summed E-state index contributed by atoms with van der Waals surface area (Å²) in [5, 5.41) is 2.84. The molecule has 2 N–H and O–H groups in total. The van der Waals surface area contributed by atoms with Gasteiger partial charge in [-0.1, -0.05) is 6.07 Å². The summed E-state index contributed by atoms with van der Waals surface area (Å²) in [6.07, 6.45) is 0. The largest absolute Gasteiger partial charge is 0.428 e. The van der Waals surface area contributed by atoms with Crippen molar-refractivity contribution in [3.63, 3.8) is 0 Å². The maximum absolute atomic E-state index is 11.1. The van der Waals surface area contributed by atoms with Crippen molar-refractivity contribution in [1.82, 2.24) is 9.97 Å². The van der Waals surface area contributed by atoms with Gasteiger partial charge in [0.05, 0.1) is 5.52 Å². The zero-order chi connectivity index (χ0) is 12.7. The second kappa shape index (κ2) is 3.76. The van der Waals surface area contributed by atoms with Crippen molar-refractivity contribution in [1.29, 1.82) is 0 Å². The van der Waals surface area contributed by atoms with Crippen molar-refractivity contribution in [2.75, 3.05) is 12.4 Å². The number of hydrogen-bond acceptors (Lipinski definition) is 5. The highest BCUT2D eigenvalue weighted by Crippen LogP contribution is 2.27. The topological polar surface area (TPSA) is 84.1 Å². The van der Waals surface area contributed by atoms with E-state index in [1.807, 2.05) is 13.0 Å². The molecule has 1 aromatic carbocycles. The maximum Gasteiger partial charge on any atom is 0.417 e. The summed E-state index contributed by atoms with van der Waals surface area (Å²) in [6, 6.07) is 5.86. The van der Waals surface area contributed by atoms with Crippen molar-refractivity contribution >= 4 is 17.1 Å². The smallest absolute Gasteiger partial charge is 0.417 e. The van der Waals surface area contributed by atoms with E-state index in [4.69, 9.17) is 8.83 Å². The number of oxazole rings is 2. The van der Waals surface area contributed by atoms with Crippen LogP contribution in [0.1, 0.15) is 5.76 Å². The van der Waals surface area contributed by atoms with Crippen LogP contribution in [0.15, 0.2) is 31.8 Å². The van der Waals surface area contributed by atoms with E-state index in [9.17, 15) is 4.79 Å². The molecule has 0 bridgehead atoms. The van der Waals surface area contributed by atoms with Crippen molar-refractivity contribution in [3.8, 4) is 11.3 Å². The molecule has 3 rings (SSSR count). The average molecular weight is 245 g/mol. The third kappa shape index (κ3) is 1.58. The van der Waals surface area contributed by atoms with Crippen LogP contribution in [0.4, 0.5) is 6.01 Å². The normalized spacial score (nSPS) is 11.0. The maximum atomic E-state index is 11.1. The molecule has 92 valence electrons. The van der Waals surface area contributed by atoms with Crippen molar-refractivity contribution in [3.05, 3.63) is 34.5 Å². The molecule has 0 amide bonds. The average Bonchev–Trinajstić information content (AvgIpc) is 2.89. The molecular weight excluding hydrogens is 234 g/mol. The minimum absolute atomic E-state index is 0.457. The minimum atomic E-state index is -0.463. The lowest BCUT2D eigenvalue weighted by Gasteiger charge is -1.96. The van der Waals surface area contributed by atoms with Gasteiger partial charge in [-0.2, -0.15) is 4.98 Å². The van der Waals surface area contributed by atoms with Gasteiger partial charge < -0.3 is 14.2 Å². The molecule has 0 saturated heterocycles. The molecule has 0 aliphatic rings. The van der Waals surface area contributed by atoms with E-state index in [2.05, 4.69) is 15.3 Å². The van der Waals surface area contributed by atoms with Crippen LogP contribution in [0.25, 0.3) is 22.4 Å². The van der Waals surface area contributed by atoms with Crippen LogP contribution in [0.2, 0.25) is 0 Å². The Bertz CT molecular complexity index is 766. The van der Waals surface area contributed by atoms with Gasteiger partial charge in [-0.05, 0) is 19.1 Å². The van der Waals surface area contributed by atoms with Gasteiger partial charge in [-0.3, -0.25) is 4.98 Å². The van der Waals surface area contributed by atoms with Gasteiger partial charge in [-0.25, -0.2) is 4.79 Å². The standard InChI is InChI=1S/C12H11N3O3/c1-6-10(15-11(13-2)17-6)7-3-4-8-9(5-7)18-12(16)14-8/h3-5H,1-2H3,(H,13,15)(H,14,16). The van der Waals surface area contributed by atoms with Crippen LogP contribution >= 0.6 is 0 Å². The molecule has 0 fully saturated rings. The summed E-state index contributed by atoms with van der Waals surface area (Å²) in [5.41, 5.74) is 2.74. The third-order valence-electron chi connectivity index (χ3n) is 2.70.